The molecule has 1 aliphatic carbocycles. The van der Waals surface area contributed by atoms with Crippen molar-refractivity contribution in [3.63, 3.8) is 0 Å². The highest BCUT2D eigenvalue weighted by molar-refractivity contribution is 5.96. The Kier molecular flexibility index (Phi) is 4.69. The van der Waals surface area contributed by atoms with E-state index in [4.69, 9.17) is 9.72 Å². The lowest BCUT2D eigenvalue weighted by Gasteiger charge is -2.21. The number of fused-ring (bicyclic) bond motifs is 2. The largest absolute Gasteiger partial charge is 0.494 e. The third kappa shape index (κ3) is 3.26. The molecule has 0 N–H and O–H groups in total. The molecule has 0 saturated heterocycles. The third-order valence-electron chi connectivity index (χ3n) is 5.08. The van der Waals surface area contributed by atoms with E-state index < -0.39 is 0 Å². The number of benzene rings is 2. The van der Waals surface area contributed by atoms with Crippen molar-refractivity contribution in [3.8, 4) is 16.9 Å². The van der Waals surface area contributed by atoms with Crippen LogP contribution in [0.5, 0.6) is 5.75 Å². The average Bonchev–Trinajstić information content (AvgIpc) is 2.67. The summed E-state index contributed by atoms with van der Waals surface area (Å²) in [6.45, 7) is 2.98. The standard InChI is InChI=1S/C23H25NO/c1-2-3-16-25-18-14-12-17(13-15-18)23-19-8-4-6-10-21(19)24-22-11-7-5-9-20(22)23/h4,6,8,10,12-15H,2-3,5,7,9,11,16H2,1H3. The first kappa shape index (κ1) is 16.1. The highest BCUT2D eigenvalue weighted by atomic mass is 16.5. The summed E-state index contributed by atoms with van der Waals surface area (Å²) < 4.78 is 5.83. The predicted octanol–water partition coefficient (Wildman–Crippen LogP) is 5.96. The van der Waals surface area contributed by atoms with Crippen LogP contribution in [0.1, 0.15) is 43.9 Å². The Balaban J connectivity index is 1.77. The van der Waals surface area contributed by atoms with Gasteiger partial charge in [0.15, 0.2) is 0 Å². The second kappa shape index (κ2) is 7.26. The molecule has 1 aliphatic rings. The van der Waals surface area contributed by atoms with E-state index in [0.717, 1.165) is 43.6 Å². The molecule has 0 bridgehead atoms. The zero-order chi connectivity index (χ0) is 17.1. The van der Waals surface area contributed by atoms with Crippen LogP contribution in [0.15, 0.2) is 48.5 Å². The molecule has 0 atom stereocenters. The molecule has 0 fully saturated rings. The summed E-state index contributed by atoms with van der Waals surface area (Å²) in [4.78, 5) is 4.94. The second-order valence-electron chi connectivity index (χ2n) is 6.86. The van der Waals surface area contributed by atoms with Gasteiger partial charge in [0.2, 0.25) is 0 Å². The van der Waals surface area contributed by atoms with Gasteiger partial charge in [-0.1, -0.05) is 43.7 Å². The lowest BCUT2D eigenvalue weighted by atomic mass is 9.87. The van der Waals surface area contributed by atoms with E-state index >= 15 is 0 Å². The molecule has 3 aromatic rings. The summed E-state index contributed by atoms with van der Waals surface area (Å²) >= 11 is 0. The number of pyridine rings is 1. The number of aromatic nitrogens is 1. The van der Waals surface area contributed by atoms with Gasteiger partial charge in [0.1, 0.15) is 5.75 Å². The SMILES string of the molecule is CCCCOc1ccc(-c2c3c(nc4ccccc24)CCCC3)cc1. The van der Waals surface area contributed by atoms with Crippen LogP contribution >= 0.6 is 0 Å². The summed E-state index contributed by atoms with van der Waals surface area (Å²) in [7, 11) is 0. The monoisotopic (exact) mass is 331 g/mol. The van der Waals surface area contributed by atoms with Gasteiger partial charge in [0, 0.05) is 11.1 Å². The minimum atomic E-state index is 0.795. The van der Waals surface area contributed by atoms with Gasteiger partial charge in [-0.15, -0.1) is 0 Å². The lowest BCUT2D eigenvalue weighted by molar-refractivity contribution is 0.309. The normalized spacial score (nSPS) is 13.6. The Labute approximate surface area is 149 Å². The molecular weight excluding hydrogens is 306 g/mol. The maximum Gasteiger partial charge on any atom is 0.119 e. The summed E-state index contributed by atoms with van der Waals surface area (Å²) in [6, 6.07) is 17.2. The number of aryl methyl sites for hydroxylation is 1. The van der Waals surface area contributed by atoms with Crippen molar-refractivity contribution < 1.29 is 4.74 Å². The van der Waals surface area contributed by atoms with Crippen molar-refractivity contribution in [2.45, 2.75) is 45.4 Å². The molecule has 0 spiro atoms. The molecule has 4 rings (SSSR count). The first-order valence-corrected chi connectivity index (χ1v) is 9.50. The fourth-order valence-electron chi connectivity index (χ4n) is 3.75. The number of rotatable bonds is 5. The van der Waals surface area contributed by atoms with E-state index in [2.05, 4.69) is 55.5 Å². The Morgan fingerprint density at radius 2 is 1.76 bits per heavy atom. The molecule has 1 aromatic heterocycles. The molecule has 0 saturated carbocycles. The molecule has 128 valence electrons. The van der Waals surface area contributed by atoms with Gasteiger partial charge < -0.3 is 4.74 Å². The van der Waals surface area contributed by atoms with Crippen LogP contribution in [0.2, 0.25) is 0 Å². The number of unbranched alkanes of at least 4 members (excludes halogenated alkanes) is 1. The summed E-state index contributed by atoms with van der Waals surface area (Å²) in [5, 5.41) is 1.27. The maximum atomic E-state index is 5.83. The topological polar surface area (TPSA) is 22.1 Å². The average molecular weight is 331 g/mol. The molecule has 0 amide bonds. The second-order valence-corrected chi connectivity index (χ2v) is 6.86. The molecule has 0 aliphatic heterocycles. The van der Waals surface area contributed by atoms with Crippen molar-refractivity contribution >= 4 is 10.9 Å². The van der Waals surface area contributed by atoms with Crippen molar-refractivity contribution in [2.24, 2.45) is 0 Å². The van der Waals surface area contributed by atoms with Gasteiger partial charge in [0.25, 0.3) is 0 Å². The van der Waals surface area contributed by atoms with Crippen molar-refractivity contribution in [1.29, 1.82) is 0 Å². The minimum absolute atomic E-state index is 0.795. The highest BCUT2D eigenvalue weighted by Crippen LogP contribution is 2.37. The Morgan fingerprint density at radius 3 is 2.60 bits per heavy atom. The summed E-state index contributed by atoms with van der Waals surface area (Å²) in [6.07, 6.45) is 7.01. The minimum Gasteiger partial charge on any atom is -0.494 e. The molecule has 2 aromatic carbocycles. The van der Waals surface area contributed by atoms with Gasteiger partial charge >= 0.3 is 0 Å². The van der Waals surface area contributed by atoms with Gasteiger partial charge in [-0.2, -0.15) is 0 Å². The Morgan fingerprint density at radius 1 is 0.960 bits per heavy atom. The molecule has 2 heteroatoms. The first-order valence-electron chi connectivity index (χ1n) is 9.50. The van der Waals surface area contributed by atoms with Crippen LogP contribution < -0.4 is 4.74 Å². The molecule has 1 heterocycles. The van der Waals surface area contributed by atoms with Gasteiger partial charge in [-0.25, -0.2) is 0 Å². The molecule has 2 nitrogen and oxygen atoms in total. The number of hydrogen-bond donors (Lipinski definition) is 0. The van der Waals surface area contributed by atoms with Crippen molar-refractivity contribution in [3.05, 3.63) is 59.8 Å². The smallest absolute Gasteiger partial charge is 0.119 e. The Bertz CT molecular complexity index is 867. The van der Waals surface area contributed by atoms with E-state index in [1.807, 2.05) is 0 Å². The third-order valence-corrected chi connectivity index (χ3v) is 5.08. The zero-order valence-electron chi connectivity index (χ0n) is 14.9. The number of nitrogens with zero attached hydrogens (tertiary/aromatic N) is 1. The highest BCUT2D eigenvalue weighted by Gasteiger charge is 2.19. The first-order chi connectivity index (χ1) is 12.4. The van der Waals surface area contributed by atoms with E-state index in [1.54, 1.807) is 0 Å². The molecular formula is C23H25NO. The summed E-state index contributed by atoms with van der Waals surface area (Å²) in [5.74, 6) is 0.962. The van der Waals surface area contributed by atoms with E-state index in [-0.39, 0.29) is 0 Å². The van der Waals surface area contributed by atoms with Crippen LogP contribution in [-0.2, 0) is 12.8 Å². The van der Waals surface area contributed by atoms with Crippen molar-refractivity contribution in [2.75, 3.05) is 6.61 Å². The summed E-state index contributed by atoms with van der Waals surface area (Å²) in [5.41, 5.74) is 6.51. The van der Waals surface area contributed by atoms with Crippen LogP contribution in [-0.4, -0.2) is 11.6 Å². The fourth-order valence-corrected chi connectivity index (χ4v) is 3.75. The predicted molar refractivity (Wildman–Crippen MR) is 104 cm³/mol. The molecule has 25 heavy (non-hydrogen) atoms. The Hall–Kier alpha value is -2.35. The number of hydrogen-bond acceptors (Lipinski definition) is 2. The number of para-hydroxylation sites is 1. The van der Waals surface area contributed by atoms with Gasteiger partial charge in [0.05, 0.1) is 12.1 Å². The van der Waals surface area contributed by atoms with Crippen LogP contribution in [0, 0.1) is 0 Å². The van der Waals surface area contributed by atoms with Crippen LogP contribution in [0.4, 0.5) is 0 Å². The fraction of sp³-hybridized carbons (Fsp3) is 0.348. The molecule has 0 radical (unpaired) electrons. The van der Waals surface area contributed by atoms with Crippen LogP contribution in [0.3, 0.4) is 0 Å². The van der Waals surface area contributed by atoms with E-state index in [9.17, 15) is 0 Å². The molecule has 0 unspecified atom stereocenters. The van der Waals surface area contributed by atoms with Crippen LogP contribution in [0.25, 0.3) is 22.0 Å². The quantitative estimate of drug-likeness (QED) is 0.538. The van der Waals surface area contributed by atoms with Gasteiger partial charge in [-0.05, 0) is 67.0 Å². The van der Waals surface area contributed by atoms with Gasteiger partial charge in [-0.3, -0.25) is 4.98 Å². The maximum absolute atomic E-state index is 5.83. The zero-order valence-corrected chi connectivity index (χ0v) is 14.9. The van der Waals surface area contributed by atoms with E-state index in [0.29, 0.717) is 0 Å². The number of ether oxygens (including phenoxy) is 1. The van der Waals surface area contributed by atoms with Crippen molar-refractivity contribution in [1.82, 2.24) is 4.98 Å². The van der Waals surface area contributed by atoms with E-state index in [1.165, 1.54) is 40.6 Å². The lowest BCUT2D eigenvalue weighted by Crippen LogP contribution is -2.08.